The zero-order valence-electron chi connectivity index (χ0n) is 11.3. The van der Waals surface area contributed by atoms with E-state index in [4.69, 9.17) is 0 Å². The van der Waals surface area contributed by atoms with Gasteiger partial charge in [-0.15, -0.1) is 8.58 Å². The molecule has 0 aromatic heterocycles. The summed E-state index contributed by atoms with van der Waals surface area (Å²) < 4.78 is 0. The molecule has 0 aromatic rings. The van der Waals surface area contributed by atoms with Gasteiger partial charge in [0.2, 0.25) is 0 Å². The first-order chi connectivity index (χ1) is 7.93. The van der Waals surface area contributed by atoms with Gasteiger partial charge in [-0.05, 0) is 31.1 Å². The van der Waals surface area contributed by atoms with Crippen molar-refractivity contribution < 1.29 is 0 Å². The van der Waals surface area contributed by atoms with E-state index in [0.29, 0.717) is 0 Å². The van der Waals surface area contributed by atoms with Gasteiger partial charge in [0, 0.05) is 0 Å². The molecule has 0 saturated heterocycles. The second kappa shape index (κ2) is 10.6. The van der Waals surface area contributed by atoms with Crippen molar-refractivity contribution in [2.45, 2.75) is 89.6 Å². The summed E-state index contributed by atoms with van der Waals surface area (Å²) in [6.07, 6.45) is 19.5. The third-order valence-corrected chi connectivity index (χ3v) is 5.62. The Labute approximate surface area is 105 Å². The lowest BCUT2D eigenvalue weighted by molar-refractivity contribution is 0.516. The zero-order valence-corrected chi connectivity index (χ0v) is 12.3. The highest BCUT2D eigenvalue weighted by Gasteiger charge is 2.15. The van der Waals surface area contributed by atoms with Gasteiger partial charge in [0.25, 0.3) is 0 Å². The van der Waals surface area contributed by atoms with Gasteiger partial charge in [-0.1, -0.05) is 64.7 Å². The molecular weight excluding hydrogens is 211 g/mol. The van der Waals surface area contributed by atoms with E-state index >= 15 is 0 Å². The molecule has 1 aliphatic rings. The molecule has 16 heavy (non-hydrogen) atoms. The van der Waals surface area contributed by atoms with Crippen molar-refractivity contribution in [1.82, 2.24) is 0 Å². The molecular formula is C15H31P. The van der Waals surface area contributed by atoms with Crippen LogP contribution in [0, 0.1) is 0 Å². The van der Waals surface area contributed by atoms with E-state index in [0.717, 1.165) is 5.66 Å². The van der Waals surface area contributed by atoms with Gasteiger partial charge in [-0.25, -0.2) is 0 Å². The van der Waals surface area contributed by atoms with Crippen LogP contribution in [0.5, 0.6) is 0 Å². The minimum Gasteiger partial charge on any atom is -0.119 e. The van der Waals surface area contributed by atoms with Gasteiger partial charge in [0.1, 0.15) is 0 Å². The fourth-order valence-corrected chi connectivity index (χ4v) is 4.03. The Hall–Kier alpha value is 0.430. The minimum atomic E-state index is 1.16. The van der Waals surface area contributed by atoms with Crippen LogP contribution in [-0.2, 0) is 0 Å². The summed E-state index contributed by atoms with van der Waals surface area (Å²) in [5.74, 6) is 0. The normalized spacial score (nSPS) is 17.1. The van der Waals surface area contributed by atoms with Crippen LogP contribution in [0.3, 0.4) is 0 Å². The molecule has 1 fully saturated rings. The Morgan fingerprint density at radius 1 is 0.812 bits per heavy atom. The first-order valence-electron chi connectivity index (χ1n) is 7.67. The van der Waals surface area contributed by atoms with E-state index in [1.54, 1.807) is 19.0 Å². The minimum absolute atomic E-state index is 1.16. The largest absolute Gasteiger partial charge is 0.119 e. The van der Waals surface area contributed by atoms with Crippen molar-refractivity contribution in [1.29, 1.82) is 0 Å². The van der Waals surface area contributed by atoms with Crippen molar-refractivity contribution in [3.8, 4) is 0 Å². The van der Waals surface area contributed by atoms with Crippen LogP contribution in [0.1, 0.15) is 84.0 Å². The van der Waals surface area contributed by atoms with Crippen molar-refractivity contribution in [3.05, 3.63) is 0 Å². The van der Waals surface area contributed by atoms with Crippen molar-refractivity contribution >= 4 is 8.58 Å². The van der Waals surface area contributed by atoms with E-state index in [2.05, 4.69) is 6.92 Å². The Morgan fingerprint density at radius 2 is 1.38 bits per heavy atom. The van der Waals surface area contributed by atoms with E-state index in [1.807, 2.05) is 0 Å². The molecule has 96 valence electrons. The molecule has 0 aromatic carbocycles. The Kier molecular flexibility index (Phi) is 9.58. The molecule has 0 nitrogen and oxygen atoms in total. The molecule has 0 aliphatic heterocycles. The van der Waals surface area contributed by atoms with Crippen LogP contribution in [0.4, 0.5) is 0 Å². The number of hydrogen-bond donors (Lipinski definition) is 0. The molecule has 0 radical (unpaired) electrons. The maximum Gasteiger partial charge on any atom is -0.0237 e. The molecule has 0 heterocycles. The summed E-state index contributed by atoms with van der Waals surface area (Å²) in [7, 11) is 1.30. The summed E-state index contributed by atoms with van der Waals surface area (Å²) in [4.78, 5) is 0. The molecule has 1 saturated carbocycles. The molecule has 1 heteroatoms. The third-order valence-electron chi connectivity index (χ3n) is 3.82. The van der Waals surface area contributed by atoms with Crippen LogP contribution >= 0.6 is 8.58 Å². The van der Waals surface area contributed by atoms with Crippen LogP contribution < -0.4 is 0 Å². The molecule has 0 bridgehead atoms. The van der Waals surface area contributed by atoms with Crippen LogP contribution in [0.15, 0.2) is 0 Å². The second-order valence-corrected chi connectivity index (χ2v) is 7.14. The highest BCUT2D eigenvalue weighted by atomic mass is 31.1. The van der Waals surface area contributed by atoms with E-state index in [-0.39, 0.29) is 0 Å². The lowest BCUT2D eigenvalue weighted by atomic mass is 10.00. The van der Waals surface area contributed by atoms with E-state index in [9.17, 15) is 0 Å². The SMILES string of the molecule is CCCCCCCCCCCPC1CCC1. The van der Waals surface area contributed by atoms with Gasteiger partial charge < -0.3 is 0 Å². The first kappa shape index (κ1) is 14.5. The van der Waals surface area contributed by atoms with Crippen LogP contribution in [0.25, 0.3) is 0 Å². The summed E-state index contributed by atoms with van der Waals surface area (Å²) in [5.41, 5.74) is 1.16. The van der Waals surface area contributed by atoms with Crippen molar-refractivity contribution in [2.75, 3.05) is 6.16 Å². The Balaban J connectivity index is 1.65. The third kappa shape index (κ3) is 7.66. The first-order valence-corrected chi connectivity index (χ1v) is 8.95. The lowest BCUT2D eigenvalue weighted by Crippen LogP contribution is -2.11. The maximum absolute atomic E-state index is 2.29. The van der Waals surface area contributed by atoms with Crippen molar-refractivity contribution in [2.24, 2.45) is 0 Å². The van der Waals surface area contributed by atoms with Gasteiger partial charge in [0.15, 0.2) is 0 Å². The molecule has 0 amide bonds. The quantitative estimate of drug-likeness (QED) is 0.320. The lowest BCUT2D eigenvalue weighted by Gasteiger charge is -2.25. The van der Waals surface area contributed by atoms with Crippen LogP contribution in [0.2, 0.25) is 0 Å². The van der Waals surface area contributed by atoms with Gasteiger partial charge in [-0.3, -0.25) is 0 Å². The van der Waals surface area contributed by atoms with Gasteiger partial charge >= 0.3 is 0 Å². The van der Waals surface area contributed by atoms with E-state index < -0.39 is 0 Å². The molecule has 0 N–H and O–H groups in total. The zero-order chi connectivity index (χ0) is 11.5. The predicted molar refractivity (Wildman–Crippen MR) is 78.0 cm³/mol. The number of rotatable bonds is 11. The molecule has 1 aliphatic carbocycles. The number of hydrogen-bond acceptors (Lipinski definition) is 0. The molecule has 0 spiro atoms. The summed E-state index contributed by atoms with van der Waals surface area (Å²) >= 11 is 0. The van der Waals surface area contributed by atoms with Crippen molar-refractivity contribution in [3.63, 3.8) is 0 Å². The Morgan fingerprint density at radius 3 is 1.88 bits per heavy atom. The van der Waals surface area contributed by atoms with Gasteiger partial charge in [-0.2, -0.15) is 0 Å². The summed E-state index contributed by atoms with van der Waals surface area (Å²) in [5, 5.41) is 0. The average Bonchev–Trinajstić information content (AvgIpc) is 2.23. The second-order valence-electron chi connectivity index (χ2n) is 5.41. The standard InChI is InChI=1S/C15H31P/c1-2-3-4-5-6-7-8-9-10-14-16-15-12-11-13-15/h15-16H,2-14H2,1H3. The molecule has 1 rings (SSSR count). The average molecular weight is 242 g/mol. The topological polar surface area (TPSA) is 0 Å². The highest BCUT2D eigenvalue weighted by molar-refractivity contribution is 7.38. The van der Waals surface area contributed by atoms with Gasteiger partial charge in [0.05, 0.1) is 0 Å². The predicted octanol–water partition coefficient (Wildman–Crippen LogP) is 5.75. The maximum atomic E-state index is 2.29. The summed E-state index contributed by atoms with van der Waals surface area (Å²) in [6.45, 7) is 2.29. The molecule has 1 atom stereocenters. The fraction of sp³-hybridized carbons (Fsp3) is 1.00. The molecule has 1 unspecified atom stereocenters. The Bertz CT molecular complexity index is 140. The fourth-order valence-electron chi connectivity index (χ4n) is 2.35. The highest BCUT2D eigenvalue weighted by Crippen LogP contribution is 2.36. The smallest absolute Gasteiger partial charge is 0.0237 e. The summed E-state index contributed by atoms with van der Waals surface area (Å²) in [6, 6.07) is 0. The number of unbranched alkanes of at least 4 members (excludes halogenated alkanes) is 8. The monoisotopic (exact) mass is 242 g/mol. The van der Waals surface area contributed by atoms with E-state index in [1.165, 1.54) is 72.8 Å². The van der Waals surface area contributed by atoms with Crippen LogP contribution in [-0.4, -0.2) is 11.8 Å².